The van der Waals surface area contributed by atoms with E-state index >= 15 is 0 Å². The molecule has 1 nitrogen and oxygen atoms in total. The van der Waals surface area contributed by atoms with Crippen molar-refractivity contribution in [3.05, 3.63) is 76.4 Å². The summed E-state index contributed by atoms with van der Waals surface area (Å²) in [5, 5.41) is 0. The average molecular weight is 292 g/mol. The SMILES string of the molecule is C=C(/C(C)=C\c1cc(OC)ccc1C)c1cc(C)cc(C)c1. The molecule has 0 fully saturated rings. The zero-order valence-electron chi connectivity index (χ0n) is 14.2. The van der Waals surface area contributed by atoms with Gasteiger partial charge in [-0.3, -0.25) is 0 Å². The summed E-state index contributed by atoms with van der Waals surface area (Å²) in [4.78, 5) is 0. The molecule has 0 aliphatic rings. The Bertz CT molecular complexity index is 715. The first kappa shape index (κ1) is 16.1. The molecule has 0 radical (unpaired) electrons. The Morgan fingerprint density at radius 1 is 1.00 bits per heavy atom. The number of hydrogen-bond acceptors (Lipinski definition) is 1. The zero-order valence-corrected chi connectivity index (χ0v) is 14.2. The Kier molecular flexibility index (Phi) is 4.87. The monoisotopic (exact) mass is 292 g/mol. The number of methoxy groups -OCH3 is 1. The average Bonchev–Trinajstić information content (AvgIpc) is 2.47. The van der Waals surface area contributed by atoms with Gasteiger partial charge in [-0.05, 0) is 67.7 Å². The van der Waals surface area contributed by atoms with E-state index in [-0.39, 0.29) is 0 Å². The van der Waals surface area contributed by atoms with E-state index in [1.807, 2.05) is 6.07 Å². The van der Waals surface area contributed by atoms with Crippen molar-refractivity contribution in [1.82, 2.24) is 0 Å². The number of ether oxygens (including phenoxy) is 1. The minimum atomic E-state index is 0.877. The van der Waals surface area contributed by atoms with E-state index in [2.05, 4.69) is 70.7 Å². The third kappa shape index (κ3) is 3.67. The summed E-state index contributed by atoms with van der Waals surface area (Å²) in [6, 6.07) is 12.7. The molecule has 0 aromatic heterocycles. The first-order chi connectivity index (χ1) is 10.4. The fourth-order valence-corrected chi connectivity index (χ4v) is 2.60. The first-order valence-electron chi connectivity index (χ1n) is 7.51. The van der Waals surface area contributed by atoms with Crippen LogP contribution in [-0.4, -0.2) is 7.11 Å². The second-order valence-electron chi connectivity index (χ2n) is 5.90. The summed E-state index contributed by atoms with van der Waals surface area (Å²) in [7, 11) is 1.69. The van der Waals surface area contributed by atoms with Gasteiger partial charge in [0.25, 0.3) is 0 Å². The fourth-order valence-electron chi connectivity index (χ4n) is 2.60. The van der Waals surface area contributed by atoms with Crippen LogP contribution in [-0.2, 0) is 0 Å². The Balaban J connectivity index is 2.38. The lowest BCUT2D eigenvalue weighted by Gasteiger charge is -2.11. The molecule has 0 unspecified atom stereocenters. The molecule has 2 rings (SSSR count). The molecule has 2 aromatic rings. The Morgan fingerprint density at radius 3 is 2.23 bits per heavy atom. The second-order valence-corrected chi connectivity index (χ2v) is 5.90. The van der Waals surface area contributed by atoms with Crippen LogP contribution in [0.2, 0.25) is 0 Å². The van der Waals surface area contributed by atoms with Gasteiger partial charge in [-0.2, -0.15) is 0 Å². The maximum atomic E-state index is 5.32. The molecule has 114 valence electrons. The molecule has 1 heteroatoms. The number of benzene rings is 2. The predicted molar refractivity (Wildman–Crippen MR) is 96.3 cm³/mol. The van der Waals surface area contributed by atoms with Gasteiger partial charge >= 0.3 is 0 Å². The minimum Gasteiger partial charge on any atom is -0.497 e. The number of aryl methyl sites for hydroxylation is 3. The molecule has 0 saturated heterocycles. The van der Waals surface area contributed by atoms with Gasteiger partial charge < -0.3 is 4.74 Å². The van der Waals surface area contributed by atoms with Crippen LogP contribution in [0.1, 0.15) is 34.7 Å². The molecule has 0 amide bonds. The number of rotatable bonds is 4. The lowest BCUT2D eigenvalue weighted by atomic mass is 9.95. The minimum absolute atomic E-state index is 0.877. The molecule has 22 heavy (non-hydrogen) atoms. The largest absolute Gasteiger partial charge is 0.497 e. The molecule has 0 N–H and O–H groups in total. The summed E-state index contributed by atoms with van der Waals surface area (Å²) >= 11 is 0. The maximum Gasteiger partial charge on any atom is 0.119 e. The normalized spacial score (nSPS) is 11.4. The van der Waals surface area contributed by atoms with Crippen molar-refractivity contribution in [2.45, 2.75) is 27.7 Å². The van der Waals surface area contributed by atoms with Crippen LogP contribution in [0.15, 0.2) is 48.6 Å². The smallest absolute Gasteiger partial charge is 0.119 e. The van der Waals surface area contributed by atoms with Gasteiger partial charge in [-0.25, -0.2) is 0 Å². The van der Waals surface area contributed by atoms with Gasteiger partial charge in [0.2, 0.25) is 0 Å². The summed E-state index contributed by atoms with van der Waals surface area (Å²) in [5.74, 6) is 0.877. The van der Waals surface area contributed by atoms with Crippen molar-refractivity contribution in [2.75, 3.05) is 7.11 Å². The lowest BCUT2D eigenvalue weighted by Crippen LogP contribution is -1.90. The van der Waals surface area contributed by atoms with Gasteiger partial charge in [-0.15, -0.1) is 0 Å². The highest BCUT2D eigenvalue weighted by molar-refractivity contribution is 5.83. The van der Waals surface area contributed by atoms with E-state index in [9.17, 15) is 0 Å². The summed E-state index contributed by atoms with van der Waals surface area (Å²) < 4.78 is 5.32. The standard InChI is InChI=1S/C21H24O/c1-14-9-15(2)11-20(10-14)18(5)17(4)12-19-13-21(22-6)8-7-16(19)3/h7-13H,5H2,1-4,6H3/b17-12-. The van der Waals surface area contributed by atoms with Crippen LogP contribution in [0.25, 0.3) is 11.6 Å². The summed E-state index contributed by atoms with van der Waals surface area (Å²) in [6.07, 6.45) is 2.18. The van der Waals surface area contributed by atoms with E-state index in [4.69, 9.17) is 4.74 Å². The van der Waals surface area contributed by atoms with Gasteiger partial charge in [0, 0.05) is 0 Å². The Morgan fingerprint density at radius 2 is 1.64 bits per heavy atom. The fraction of sp³-hybridized carbons (Fsp3) is 0.238. The molecule has 0 saturated carbocycles. The van der Waals surface area contributed by atoms with Gasteiger partial charge in [-0.1, -0.05) is 48.0 Å². The highest BCUT2D eigenvalue weighted by atomic mass is 16.5. The van der Waals surface area contributed by atoms with Gasteiger partial charge in [0.05, 0.1) is 7.11 Å². The third-order valence-corrected chi connectivity index (χ3v) is 3.90. The Labute approximate surface area is 134 Å². The highest BCUT2D eigenvalue weighted by Gasteiger charge is 2.05. The topological polar surface area (TPSA) is 9.23 Å². The van der Waals surface area contributed by atoms with Crippen molar-refractivity contribution in [3.63, 3.8) is 0 Å². The van der Waals surface area contributed by atoms with Crippen molar-refractivity contribution < 1.29 is 4.74 Å². The quantitative estimate of drug-likeness (QED) is 0.653. The van der Waals surface area contributed by atoms with Crippen molar-refractivity contribution in [2.24, 2.45) is 0 Å². The van der Waals surface area contributed by atoms with Crippen LogP contribution >= 0.6 is 0 Å². The van der Waals surface area contributed by atoms with Crippen molar-refractivity contribution in [3.8, 4) is 5.75 Å². The molecule has 0 atom stereocenters. The van der Waals surface area contributed by atoms with E-state index in [0.717, 1.165) is 11.3 Å². The molecule has 0 bridgehead atoms. The van der Waals surface area contributed by atoms with Crippen LogP contribution in [0.5, 0.6) is 5.75 Å². The predicted octanol–water partition coefficient (Wildman–Crippen LogP) is 5.74. The van der Waals surface area contributed by atoms with Gasteiger partial charge in [0.15, 0.2) is 0 Å². The number of hydrogen-bond donors (Lipinski definition) is 0. The second kappa shape index (κ2) is 6.65. The van der Waals surface area contributed by atoms with E-state index in [1.54, 1.807) is 7.11 Å². The van der Waals surface area contributed by atoms with Crippen LogP contribution < -0.4 is 4.74 Å². The van der Waals surface area contributed by atoms with Crippen LogP contribution in [0, 0.1) is 20.8 Å². The highest BCUT2D eigenvalue weighted by Crippen LogP contribution is 2.27. The van der Waals surface area contributed by atoms with Crippen LogP contribution in [0.4, 0.5) is 0 Å². The van der Waals surface area contributed by atoms with E-state index in [0.29, 0.717) is 0 Å². The van der Waals surface area contributed by atoms with Gasteiger partial charge in [0.1, 0.15) is 5.75 Å². The third-order valence-electron chi connectivity index (χ3n) is 3.90. The van der Waals surface area contributed by atoms with E-state index in [1.165, 1.54) is 33.4 Å². The van der Waals surface area contributed by atoms with Crippen molar-refractivity contribution >= 4 is 11.6 Å². The molecule has 0 aliphatic carbocycles. The maximum absolute atomic E-state index is 5.32. The molecule has 0 heterocycles. The molecule has 0 spiro atoms. The lowest BCUT2D eigenvalue weighted by molar-refractivity contribution is 0.414. The molecule has 2 aromatic carbocycles. The number of allylic oxidation sites excluding steroid dienone is 2. The van der Waals surface area contributed by atoms with Crippen molar-refractivity contribution in [1.29, 1.82) is 0 Å². The summed E-state index contributed by atoms with van der Waals surface area (Å²) in [5.41, 5.74) is 8.35. The van der Waals surface area contributed by atoms with Crippen LogP contribution in [0.3, 0.4) is 0 Å². The van der Waals surface area contributed by atoms with E-state index < -0.39 is 0 Å². The molecular formula is C21H24O. The first-order valence-corrected chi connectivity index (χ1v) is 7.51. The Hall–Kier alpha value is -2.28. The molecular weight excluding hydrogens is 268 g/mol. The zero-order chi connectivity index (χ0) is 16.3. The summed E-state index contributed by atoms with van der Waals surface area (Å²) in [6.45, 7) is 12.7. The molecule has 0 aliphatic heterocycles.